The van der Waals surface area contributed by atoms with Crippen molar-refractivity contribution in [3.63, 3.8) is 0 Å². The molecule has 0 rings (SSSR count). The summed E-state index contributed by atoms with van der Waals surface area (Å²) in [5.41, 5.74) is 0. The van der Waals surface area contributed by atoms with Gasteiger partial charge in [-0.05, 0) is 135 Å². The van der Waals surface area contributed by atoms with Gasteiger partial charge in [0.2, 0.25) is 0 Å². The van der Waals surface area contributed by atoms with E-state index in [1.54, 1.807) is 0 Å². The molecule has 0 saturated heterocycles. The van der Waals surface area contributed by atoms with E-state index in [9.17, 15) is 14.4 Å². The Labute approximate surface area is 487 Å². The van der Waals surface area contributed by atoms with Crippen molar-refractivity contribution in [3.05, 3.63) is 134 Å². The van der Waals surface area contributed by atoms with Gasteiger partial charge in [0.25, 0.3) is 0 Å². The molecule has 6 nitrogen and oxygen atoms in total. The summed E-state index contributed by atoms with van der Waals surface area (Å²) < 4.78 is 16.9. The van der Waals surface area contributed by atoms with Crippen molar-refractivity contribution in [2.45, 2.75) is 297 Å². The minimum absolute atomic E-state index is 0.0971. The van der Waals surface area contributed by atoms with Crippen molar-refractivity contribution < 1.29 is 28.6 Å². The van der Waals surface area contributed by atoms with Crippen LogP contribution in [0.2, 0.25) is 0 Å². The highest BCUT2D eigenvalue weighted by Gasteiger charge is 2.19. The fraction of sp³-hybridized carbons (Fsp3) is 0.658. The Balaban J connectivity index is 4.36. The van der Waals surface area contributed by atoms with E-state index in [2.05, 4.69) is 154 Å². The molecule has 0 fully saturated rings. The number of carbonyl (C=O) groups is 3. The Morgan fingerprint density at radius 2 is 0.494 bits per heavy atom. The molecular weight excluding hydrogens is 973 g/mol. The lowest BCUT2D eigenvalue weighted by Gasteiger charge is -2.18. The molecule has 0 aromatic rings. The van der Waals surface area contributed by atoms with Gasteiger partial charge in [0.05, 0.1) is 0 Å². The summed E-state index contributed by atoms with van der Waals surface area (Å²) in [7, 11) is 0. The molecule has 6 heteroatoms. The third-order valence-electron chi connectivity index (χ3n) is 13.6. The summed E-state index contributed by atoms with van der Waals surface area (Å²) >= 11 is 0. The molecule has 1 unspecified atom stereocenters. The predicted octanol–water partition coefficient (Wildman–Crippen LogP) is 22.5. The zero-order chi connectivity index (χ0) is 57.1. The summed E-state index contributed by atoms with van der Waals surface area (Å²) in [4.78, 5) is 38.3. The van der Waals surface area contributed by atoms with E-state index < -0.39 is 6.10 Å². The molecule has 0 bridgehead atoms. The maximum Gasteiger partial charge on any atom is 0.306 e. The Kier molecular flexibility index (Phi) is 62.3. The van der Waals surface area contributed by atoms with Gasteiger partial charge >= 0.3 is 17.9 Å². The van der Waals surface area contributed by atoms with Crippen molar-refractivity contribution in [3.8, 4) is 0 Å². The van der Waals surface area contributed by atoms with Gasteiger partial charge < -0.3 is 14.2 Å². The third-order valence-corrected chi connectivity index (χ3v) is 13.6. The molecule has 0 N–H and O–H groups in total. The standard InChI is InChI=1S/C73H120O6/c1-4-7-10-13-16-19-22-25-27-29-31-32-33-34-35-36-37-38-39-40-42-43-45-48-51-54-57-60-63-66-72(75)78-69-70(68-77-71(74)65-62-59-56-53-50-47-24-21-18-15-12-9-6-3)79-73(76)67-64-61-58-55-52-49-46-44-41-30-28-26-23-20-17-14-11-8-5-2/h7,9-10,12,16,18-19,21,25-28,31-32,34-35,37-38,40,42,47,50,70H,4-6,8,11,13-15,17,20,22-24,29-30,33,36,39,41,43-46,48-49,51-69H2,1-3H3/b10-7-,12-9-,19-16-,21-18-,27-25-,28-26-,32-31-,35-34-,38-37-,42-40-,50-47-. The Hall–Kier alpha value is -4.45. The quantitative estimate of drug-likeness (QED) is 0.0261. The summed E-state index contributed by atoms with van der Waals surface area (Å²) in [6.07, 6.45) is 93.2. The smallest absolute Gasteiger partial charge is 0.306 e. The predicted molar refractivity (Wildman–Crippen MR) is 343 cm³/mol. The van der Waals surface area contributed by atoms with E-state index in [1.165, 1.54) is 116 Å². The molecule has 79 heavy (non-hydrogen) atoms. The van der Waals surface area contributed by atoms with Crippen molar-refractivity contribution in [1.29, 1.82) is 0 Å². The van der Waals surface area contributed by atoms with Crippen LogP contribution in [-0.4, -0.2) is 37.2 Å². The zero-order valence-electron chi connectivity index (χ0n) is 51.3. The van der Waals surface area contributed by atoms with Gasteiger partial charge in [-0.25, -0.2) is 0 Å². The first-order valence-corrected chi connectivity index (χ1v) is 32.7. The Morgan fingerprint density at radius 3 is 0.797 bits per heavy atom. The maximum atomic E-state index is 12.9. The largest absolute Gasteiger partial charge is 0.462 e. The lowest BCUT2D eigenvalue weighted by Crippen LogP contribution is -2.30. The number of carbonyl (C=O) groups excluding carboxylic acids is 3. The number of allylic oxidation sites excluding steroid dienone is 22. The molecular formula is C73H120O6. The average molecular weight is 1090 g/mol. The minimum Gasteiger partial charge on any atom is -0.462 e. The number of ether oxygens (including phenoxy) is 3. The van der Waals surface area contributed by atoms with Crippen LogP contribution in [0, 0.1) is 0 Å². The van der Waals surface area contributed by atoms with Crippen molar-refractivity contribution in [2.75, 3.05) is 13.2 Å². The zero-order valence-corrected chi connectivity index (χ0v) is 51.3. The first-order chi connectivity index (χ1) is 39.0. The second-order valence-electron chi connectivity index (χ2n) is 21.3. The SMILES string of the molecule is CC/C=C\C/C=C\C/C=C\C/C=C\C/C=C\C/C=C\C/C=C\CCCCCCCCCC(=O)OCC(COC(=O)CCCCC/C=C\C/C=C\C/C=C\CC)OC(=O)CCCCCCCCCCC/C=C\CCCCCCCC. The Bertz CT molecular complexity index is 1680. The number of esters is 3. The molecule has 0 aromatic carbocycles. The van der Waals surface area contributed by atoms with Crippen LogP contribution in [0.3, 0.4) is 0 Å². The van der Waals surface area contributed by atoms with Gasteiger partial charge in [0.15, 0.2) is 6.10 Å². The third kappa shape index (κ3) is 64.3. The van der Waals surface area contributed by atoms with Gasteiger partial charge in [0.1, 0.15) is 13.2 Å². The van der Waals surface area contributed by atoms with Gasteiger partial charge in [-0.2, -0.15) is 0 Å². The highest BCUT2D eigenvalue weighted by atomic mass is 16.6. The van der Waals surface area contributed by atoms with Crippen molar-refractivity contribution >= 4 is 17.9 Å². The Morgan fingerprint density at radius 1 is 0.266 bits per heavy atom. The molecule has 0 radical (unpaired) electrons. The molecule has 0 saturated carbocycles. The van der Waals surface area contributed by atoms with E-state index in [-0.39, 0.29) is 31.1 Å². The highest BCUT2D eigenvalue weighted by molar-refractivity contribution is 5.71. The second-order valence-corrected chi connectivity index (χ2v) is 21.3. The molecule has 0 spiro atoms. The summed E-state index contributed by atoms with van der Waals surface area (Å²) in [6.45, 7) is 6.38. The van der Waals surface area contributed by atoms with Crippen molar-refractivity contribution in [1.82, 2.24) is 0 Å². The van der Waals surface area contributed by atoms with Gasteiger partial charge in [0, 0.05) is 19.3 Å². The molecule has 0 heterocycles. The molecule has 0 aliphatic heterocycles. The molecule has 448 valence electrons. The monoisotopic (exact) mass is 1090 g/mol. The minimum atomic E-state index is -0.801. The van der Waals surface area contributed by atoms with Crippen LogP contribution < -0.4 is 0 Å². The molecule has 0 amide bonds. The van der Waals surface area contributed by atoms with Crippen LogP contribution in [0.1, 0.15) is 290 Å². The van der Waals surface area contributed by atoms with E-state index in [0.29, 0.717) is 19.3 Å². The van der Waals surface area contributed by atoms with E-state index in [1.807, 2.05) is 0 Å². The lowest BCUT2D eigenvalue weighted by atomic mass is 10.1. The molecule has 0 aliphatic rings. The van der Waals surface area contributed by atoms with Crippen LogP contribution >= 0.6 is 0 Å². The van der Waals surface area contributed by atoms with Gasteiger partial charge in [-0.15, -0.1) is 0 Å². The fourth-order valence-electron chi connectivity index (χ4n) is 8.79. The van der Waals surface area contributed by atoms with Crippen LogP contribution in [0.25, 0.3) is 0 Å². The normalized spacial score (nSPS) is 13.0. The summed E-state index contributed by atoms with van der Waals surface area (Å²) in [6, 6.07) is 0. The van der Waals surface area contributed by atoms with Crippen LogP contribution in [0.15, 0.2) is 134 Å². The van der Waals surface area contributed by atoms with E-state index in [4.69, 9.17) is 14.2 Å². The first-order valence-electron chi connectivity index (χ1n) is 32.7. The number of hydrogen-bond donors (Lipinski definition) is 0. The lowest BCUT2D eigenvalue weighted by molar-refractivity contribution is -0.167. The van der Waals surface area contributed by atoms with Crippen LogP contribution in [0.4, 0.5) is 0 Å². The maximum absolute atomic E-state index is 12.9. The van der Waals surface area contributed by atoms with Crippen molar-refractivity contribution in [2.24, 2.45) is 0 Å². The van der Waals surface area contributed by atoms with Gasteiger partial charge in [-0.1, -0.05) is 270 Å². The number of hydrogen-bond acceptors (Lipinski definition) is 6. The van der Waals surface area contributed by atoms with E-state index >= 15 is 0 Å². The number of unbranched alkanes of at least 4 members (excludes halogenated alkanes) is 25. The second kappa shape index (κ2) is 66.1. The topological polar surface area (TPSA) is 78.9 Å². The van der Waals surface area contributed by atoms with Gasteiger partial charge in [-0.3, -0.25) is 14.4 Å². The molecule has 0 aromatic heterocycles. The first kappa shape index (κ1) is 74.5. The average Bonchev–Trinajstić information content (AvgIpc) is 3.45. The van der Waals surface area contributed by atoms with Crippen LogP contribution in [0.5, 0.6) is 0 Å². The van der Waals surface area contributed by atoms with E-state index in [0.717, 1.165) is 135 Å². The summed E-state index contributed by atoms with van der Waals surface area (Å²) in [5, 5.41) is 0. The van der Waals surface area contributed by atoms with Crippen LogP contribution in [-0.2, 0) is 28.6 Å². The number of rotatable bonds is 58. The summed E-state index contributed by atoms with van der Waals surface area (Å²) in [5.74, 6) is -0.936. The molecule has 1 atom stereocenters. The fourth-order valence-corrected chi connectivity index (χ4v) is 8.79. The highest BCUT2D eigenvalue weighted by Crippen LogP contribution is 2.15. The molecule has 0 aliphatic carbocycles.